The highest BCUT2D eigenvalue weighted by molar-refractivity contribution is 6.34. The Morgan fingerprint density at radius 3 is 1.43 bits per heavy atom. The number of aliphatic hydroxyl groups excluding tert-OH is 2. The second kappa shape index (κ2) is 19.3. The number of ether oxygens (including phenoxy) is 6. The van der Waals surface area contributed by atoms with Gasteiger partial charge in [-0.15, -0.1) is 0 Å². The van der Waals surface area contributed by atoms with Crippen LogP contribution < -0.4 is 9.47 Å². The summed E-state index contributed by atoms with van der Waals surface area (Å²) >= 11 is 13.4. The third kappa shape index (κ3) is 8.81. The molecule has 8 heterocycles. The summed E-state index contributed by atoms with van der Waals surface area (Å²) in [6.45, 7) is 9.40. The molecule has 4 aromatic heterocycles. The van der Waals surface area contributed by atoms with E-state index in [2.05, 4.69) is 76.2 Å². The molecule has 4 saturated heterocycles. The topological polar surface area (TPSA) is 157 Å². The summed E-state index contributed by atoms with van der Waals surface area (Å²) in [5, 5.41) is 21.2. The predicted octanol–water partition coefficient (Wildman–Crippen LogP) is 9.81. The average molecular weight is 984 g/mol. The smallest absolute Gasteiger partial charge is 0.299 e. The molecule has 4 fully saturated rings. The molecule has 360 valence electrons. The van der Waals surface area contributed by atoms with Gasteiger partial charge in [-0.2, -0.15) is 9.97 Å². The van der Waals surface area contributed by atoms with E-state index in [1.807, 2.05) is 81.9 Å². The van der Waals surface area contributed by atoms with Crippen molar-refractivity contribution in [2.45, 2.75) is 88.6 Å². The normalized spacial score (nSPS) is 23.8. The van der Waals surface area contributed by atoms with Crippen molar-refractivity contribution in [2.75, 3.05) is 26.4 Å². The summed E-state index contributed by atoms with van der Waals surface area (Å²) in [5.74, 6) is 0. The van der Waals surface area contributed by atoms with Crippen molar-refractivity contribution in [3.05, 3.63) is 131 Å². The molecule has 70 heavy (non-hydrogen) atoms. The average Bonchev–Trinajstić information content (AvgIpc) is 4.24. The third-order valence-corrected chi connectivity index (χ3v) is 13.8. The highest BCUT2D eigenvalue weighted by Crippen LogP contribution is 2.38. The molecular formula is C54H52Cl2N6O8. The quantitative estimate of drug-likeness (QED) is 0.134. The van der Waals surface area contributed by atoms with E-state index in [4.69, 9.17) is 71.6 Å². The number of imidazole rings is 2. The number of aromatic nitrogens is 6. The van der Waals surface area contributed by atoms with Crippen LogP contribution in [0.2, 0.25) is 10.0 Å². The van der Waals surface area contributed by atoms with E-state index in [1.54, 1.807) is 0 Å². The molecule has 0 amide bonds. The number of pyridine rings is 2. The van der Waals surface area contributed by atoms with Gasteiger partial charge in [0.2, 0.25) is 0 Å². The Labute approximate surface area is 414 Å². The van der Waals surface area contributed by atoms with Crippen LogP contribution in [0.3, 0.4) is 0 Å². The van der Waals surface area contributed by atoms with Crippen molar-refractivity contribution < 1.29 is 38.6 Å². The Morgan fingerprint density at radius 2 is 0.929 bits per heavy atom. The minimum Gasteiger partial charge on any atom is -0.456 e. The summed E-state index contributed by atoms with van der Waals surface area (Å²) in [4.78, 5) is 19.2. The zero-order chi connectivity index (χ0) is 48.2. The van der Waals surface area contributed by atoms with Crippen molar-refractivity contribution in [1.29, 1.82) is 0 Å². The molecule has 8 aromatic rings. The van der Waals surface area contributed by atoms with Crippen molar-refractivity contribution in [3.8, 4) is 56.8 Å². The molecular weight excluding hydrogens is 932 g/mol. The fourth-order valence-corrected chi connectivity index (χ4v) is 10.3. The number of nitrogens with zero attached hydrogens (tertiary/aromatic N) is 6. The Balaban J connectivity index is 0.000000152. The summed E-state index contributed by atoms with van der Waals surface area (Å²) in [7, 11) is 0. The highest BCUT2D eigenvalue weighted by Gasteiger charge is 2.50. The van der Waals surface area contributed by atoms with Crippen molar-refractivity contribution >= 4 is 45.5 Å². The van der Waals surface area contributed by atoms with Gasteiger partial charge in [0.15, 0.2) is 23.5 Å². The lowest BCUT2D eigenvalue weighted by atomic mass is 10.0. The molecule has 0 bridgehead atoms. The number of halogens is 2. The van der Waals surface area contributed by atoms with Crippen LogP contribution in [0.1, 0.15) is 39.8 Å². The van der Waals surface area contributed by atoms with Crippen LogP contribution in [-0.4, -0.2) is 115 Å². The van der Waals surface area contributed by atoms with E-state index in [0.29, 0.717) is 63.5 Å². The Kier molecular flexibility index (Phi) is 12.8. The van der Waals surface area contributed by atoms with Gasteiger partial charge < -0.3 is 38.6 Å². The van der Waals surface area contributed by atoms with Crippen LogP contribution in [0.4, 0.5) is 0 Å². The first-order valence-corrected chi connectivity index (χ1v) is 24.4. The monoisotopic (exact) mass is 982 g/mol. The molecule has 4 aliphatic rings. The minimum absolute atomic E-state index is 0.0465. The van der Waals surface area contributed by atoms with Gasteiger partial charge >= 0.3 is 0 Å². The molecule has 0 radical (unpaired) electrons. The largest absolute Gasteiger partial charge is 0.456 e. The van der Waals surface area contributed by atoms with Gasteiger partial charge in [0, 0.05) is 23.2 Å². The maximum atomic E-state index is 10.0. The molecule has 2 N–H and O–H groups in total. The standard InChI is InChI=1S/2C27H26ClN3O4/c1-15(2)31-20-12-19(28)23(18-10-8-17(9-11-18)16-6-4-3-5-7-16)29-26(20)30-27(31)35-22-14-34-24-21(32)13-33-25(22)24;1-15(2)31-26-20(29-27(31)35-22-14-34-24-21(32)13-33-25(22)24)12-19(28)23(30-26)18-10-8-17(9-11-18)16-6-4-3-5-7-16/h2*3-12,15,21-22,24-25,32H,13-14H2,1-2H3/t2*21-,22-,24-,25-/m11/s1. The number of hydrogen-bond donors (Lipinski definition) is 2. The van der Waals surface area contributed by atoms with Gasteiger partial charge in [-0.05, 0) is 62.1 Å². The van der Waals surface area contributed by atoms with E-state index in [9.17, 15) is 10.2 Å². The van der Waals surface area contributed by atoms with Gasteiger partial charge in [-0.3, -0.25) is 9.13 Å². The Bertz CT molecular complexity index is 3100. The first-order chi connectivity index (χ1) is 34.0. The molecule has 14 nitrogen and oxygen atoms in total. The fraction of sp³-hybridized carbons (Fsp3) is 0.333. The molecule has 0 saturated carbocycles. The van der Waals surface area contributed by atoms with E-state index in [-0.39, 0.29) is 61.9 Å². The van der Waals surface area contributed by atoms with Gasteiger partial charge in [0.25, 0.3) is 12.0 Å². The van der Waals surface area contributed by atoms with Crippen LogP contribution in [0.15, 0.2) is 121 Å². The van der Waals surface area contributed by atoms with Gasteiger partial charge in [-0.1, -0.05) is 132 Å². The van der Waals surface area contributed by atoms with Crippen LogP contribution in [0.5, 0.6) is 12.0 Å². The SMILES string of the molecule is CC(C)n1c(O[C@@H]2CO[C@H]3[C@@H]2OC[C@H]3O)nc2cc(Cl)c(-c3ccc(-c4ccccc4)cc3)nc21.CC(C)n1c(O[C@@H]2CO[C@H]3[C@@H]2OC[C@H]3O)nc2nc(-c3ccc(-c4ccccc4)cc3)c(Cl)cc21. The van der Waals surface area contributed by atoms with Crippen LogP contribution in [0, 0.1) is 0 Å². The van der Waals surface area contributed by atoms with Gasteiger partial charge in [0.05, 0.1) is 53.4 Å². The molecule has 0 unspecified atom stereocenters. The number of fused-ring (bicyclic) bond motifs is 4. The molecule has 0 aliphatic carbocycles. The predicted molar refractivity (Wildman–Crippen MR) is 267 cm³/mol. The first kappa shape index (κ1) is 46.4. The second-order valence-electron chi connectivity index (χ2n) is 18.6. The lowest BCUT2D eigenvalue weighted by Gasteiger charge is -2.19. The molecule has 0 spiro atoms. The summed E-state index contributed by atoms with van der Waals surface area (Å²) in [5.41, 5.74) is 10.5. The van der Waals surface area contributed by atoms with Crippen LogP contribution in [0.25, 0.3) is 67.1 Å². The molecule has 12 rings (SSSR count). The van der Waals surface area contributed by atoms with Crippen molar-refractivity contribution in [2.24, 2.45) is 0 Å². The maximum Gasteiger partial charge on any atom is 0.299 e. The third-order valence-electron chi connectivity index (χ3n) is 13.2. The Morgan fingerprint density at radius 1 is 0.500 bits per heavy atom. The van der Waals surface area contributed by atoms with Crippen LogP contribution >= 0.6 is 23.2 Å². The maximum absolute atomic E-state index is 10.0. The highest BCUT2D eigenvalue weighted by atomic mass is 35.5. The lowest BCUT2D eigenvalue weighted by molar-refractivity contribution is 0.00590. The van der Waals surface area contributed by atoms with E-state index in [0.717, 1.165) is 38.9 Å². The molecule has 4 aromatic carbocycles. The summed E-state index contributed by atoms with van der Waals surface area (Å²) in [6, 6.07) is 41.6. The number of hydrogen-bond acceptors (Lipinski definition) is 12. The van der Waals surface area contributed by atoms with Crippen LogP contribution in [-0.2, 0) is 18.9 Å². The summed E-state index contributed by atoms with van der Waals surface area (Å²) < 4.78 is 39.3. The summed E-state index contributed by atoms with van der Waals surface area (Å²) in [6.07, 6.45) is -3.34. The van der Waals surface area contributed by atoms with Crippen molar-refractivity contribution in [3.63, 3.8) is 0 Å². The zero-order valence-electron chi connectivity index (χ0n) is 38.9. The zero-order valence-corrected chi connectivity index (χ0v) is 40.4. The van der Waals surface area contributed by atoms with Crippen molar-refractivity contribution in [1.82, 2.24) is 29.1 Å². The minimum atomic E-state index is -0.631. The number of benzene rings is 4. The van der Waals surface area contributed by atoms with Gasteiger partial charge in [-0.25, -0.2) is 9.97 Å². The van der Waals surface area contributed by atoms with Gasteiger partial charge in [0.1, 0.15) is 42.1 Å². The molecule has 4 aliphatic heterocycles. The first-order valence-electron chi connectivity index (χ1n) is 23.6. The fourth-order valence-electron chi connectivity index (χ4n) is 9.75. The van der Waals surface area contributed by atoms with E-state index < -0.39 is 12.2 Å². The second-order valence-corrected chi connectivity index (χ2v) is 19.4. The molecule has 16 heteroatoms. The number of rotatable bonds is 10. The molecule has 8 atom stereocenters. The lowest BCUT2D eigenvalue weighted by Crippen LogP contribution is -2.35. The van der Waals surface area contributed by atoms with E-state index >= 15 is 0 Å². The van der Waals surface area contributed by atoms with E-state index in [1.165, 1.54) is 0 Å². The Hall–Kier alpha value is -5.94. The number of aliphatic hydroxyl groups is 2.